The first kappa shape index (κ1) is 11.7. The molecule has 0 aliphatic carbocycles. The molecule has 1 aromatic carbocycles. The summed E-state index contributed by atoms with van der Waals surface area (Å²) in [6.07, 6.45) is 0.617. The van der Waals surface area contributed by atoms with E-state index in [4.69, 9.17) is 11.0 Å². The number of hydrogen-bond acceptors (Lipinski definition) is 4. The van der Waals surface area contributed by atoms with Crippen molar-refractivity contribution in [3.05, 3.63) is 23.8 Å². The SMILES string of the molecule is CC1CCN(c2cc(C#N)ccc2N)CC1O. The van der Waals surface area contributed by atoms with E-state index in [-0.39, 0.29) is 6.10 Å². The van der Waals surface area contributed by atoms with Crippen LogP contribution in [0.3, 0.4) is 0 Å². The quantitative estimate of drug-likeness (QED) is 0.715. The van der Waals surface area contributed by atoms with E-state index < -0.39 is 0 Å². The van der Waals surface area contributed by atoms with Crippen LogP contribution in [0.4, 0.5) is 11.4 Å². The predicted octanol–water partition coefficient (Wildman–Crippen LogP) is 1.35. The molecule has 1 heterocycles. The summed E-state index contributed by atoms with van der Waals surface area (Å²) in [6.45, 7) is 3.51. The third-order valence-electron chi connectivity index (χ3n) is 3.42. The van der Waals surface area contributed by atoms with Crippen molar-refractivity contribution in [2.24, 2.45) is 5.92 Å². The number of piperidine rings is 1. The maximum Gasteiger partial charge on any atom is 0.0992 e. The molecule has 17 heavy (non-hydrogen) atoms. The Bertz CT molecular complexity index is 452. The molecule has 1 aliphatic rings. The minimum Gasteiger partial charge on any atom is -0.397 e. The molecule has 4 heteroatoms. The summed E-state index contributed by atoms with van der Waals surface area (Å²) in [4.78, 5) is 2.06. The van der Waals surface area contributed by atoms with E-state index in [1.165, 1.54) is 0 Å². The number of rotatable bonds is 1. The lowest BCUT2D eigenvalue weighted by Gasteiger charge is -2.36. The third kappa shape index (κ3) is 2.34. The summed E-state index contributed by atoms with van der Waals surface area (Å²) in [5.74, 6) is 0.326. The van der Waals surface area contributed by atoms with Crippen LogP contribution in [-0.2, 0) is 0 Å². The predicted molar refractivity (Wildman–Crippen MR) is 67.6 cm³/mol. The molecule has 3 N–H and O–H groups in total. The van der Waals surface area contributed by atoms with Gasteiger partial charge in [0.1, 0.15) is 0 Å². The van der Waals surface area contributed by atoms with Crippen molar-refractivity contribution in [3.63, 3.8) is 0 Å². The van der Waals surface area contributed by atoms with E-state index in [0.29, 0.717) is 23.7 Å². The van der Waals surface area contributed by atoms with E-state index in [1.54, 1.807) is 18.2 Å². The molecule has 1 saturated heterocycles. The van der Waals surface area contributed by atoms with Gasteiger partial charge in [-0.25, -0.2) is 0 Å². The van der Waals surface area contributed by atoms with Gasteiger partial charge in [-0.3, -0.25) is 0 Å². The van der Waals surface area contributed by atoms with Crippen LogP contribution in [0, 0.1) is 17.2 Å². The number of nitrogens with two attached hydrogens (primary N) is 1. The third-order valence-corrected chi connectivity index (χ3v) is 3.42. The maximum absolute atomic E-state index is 9.88. The molecule has 2 atom stereocenters. The normalized spacial score (nSPS) is 24.4. The summed E-state index contributed by atoms with van der Waals surface area (Å²) in [5.41, 5.74) is 8.04. The Kier molecular flexibility index (Phi) is 3.21. The van der Waals surface area contributed by atoms with E-state index in [2.05, 4.69) is 17.9 Å². The minimum absolute atomic E-state index is 0.325. The Balaban J connectivity index is 2.25. The molecule has 1 fully saturated rings. The van der Waals surface area contributed by atoms with Crippen molar-refractivity contribution in [1.82, 2.24) is 0 Å². The minimum atomic E-state index is -0.325. The van der Waals surface area contributed by atoms with Crippen molar-refractivity contribution >= 4 is 11.4 Å². The Labute approximate surface area is 101 Å². The molecule has 4 nitrogen and oxygen atoms in total. The zero-order valence-corrected chi connectivity index (χ0v) is 9.93. The van der Waals surface area contributed by atoms with Gasteiger partial charge in [-0.1, -0.05) is 6.92 Å². The van der Waals surface area contributed by atoms with Gasteiger partial charge >= 0.3 is 0 Å². The number of hydrogen-bond donors (Lipinski definition) is 2. The van der Waals surface area contributed by atoms with Gasteiger partial charge in [0.25, 0.3) is 0 Å². The van der Waals surface area contributed by atoms with Crippen LogP contribution >= 0.6 is 0 Å². The highest BCUT2D eigenvalue weighted by molar-refractivity contribution is 5.69. The fourth-order valence-electron chi connectivity index (χ4n) is 2.15. The van der Waals surface area contributed by atoms with Crippen LogP contribution in [0.25, 0.3) is 0 Å². The summed E-state index contributed by atoms with van der Waals surface area (Å²) in [6, 6.07) is 7.36. The molecule has 2 rings (SSSR count). The molecular formula is C13H17N3O. The maximum atomic E-state index is 9.88. The number of aliphatic hydroxyl groups is 1. The highest BCUT2D eigenvalue weighted by Gasteiger charge is 2.25. The first-order valence-electron chi connectivity index (χ1n) is 5.84. The molecule has 90 valence electrons. The second-order valence-corrected chi connectivity index (χ2v) is 4.66. The van der Waals surface area contributed by atoms with Gasteiger partial charge in [0, 0.05) is 13.1 Å². The van der Waals surface area contributed by atoms with Gasteiger partial charge in [0.05, 0.1) is 29.1 Å². The number of anilines is 2. The number of nitrogens with zero attached hydrogens (tertiary/aromatic N) is 2. The lowest BCUT2D eigenvalue weighted by Crippen LogP contribution is -2.43. The first-order valence-corrected chi connectivity index (χ1v) is 5.84. The zero-order chi connectivity index (χ0) is 12.4. The van der Waals surface area contributed by atoms with Crippen LogP contribution in [0.1, 0.15) is 18.9 Å². The van der Waals surface area contributed by atoms with Crippen molar-refractivity contribution in [2.45, 2.75) is 19.4 Å². The van der Waals surface area contributed by atoms with Gasteiger partial charge in [-0.15, -0.1) is 0 Å². The number of nitriles is 1. The van der Waals surface area contributed by atoms with Crippen molar-refractivity contribution in [1.29, 1.82) is 5.26 Å². The van der Waals surface area contributed by atoms with Crippen molar-refractivity contribution in [2.75, 3.05) is 23.7 Å². The number of aliphatic hydroxyl groups excluding tert-OH is 1. The van der Waals surface area contributed by atoms with E-state index >= 15 is 0 Å². The highest BCUT2D eigenvalue weighted by atomic mass is 16.3. The lowest BCUT2D eigenvalue weighted by atomic mass is 9.95. The van der Waals surface area contributed by atoms with Gasteiger partial charge in [0.15, 0.2) is 0 Å². The number of β-amino-alcohol motifs (C(OH)–C–C–N with tert-alkyl or cyclic N) is 1. The molecule has 0 spiro atoms. The van der Waals surface area contributed by atoms with Crippen LogP contribution < -0.4 is 10.6 Å². The van der Waals surface area contributed by atoms with Crippen LogP contribution in [0.15, 0.2) is 18.2 Å². The molecule has 1 aliphatic heterocycles. The molecule has 2 unspecified atom stereocenters. The second kappa shape index (κ2) is 4.64. The summed E-state index contributed by atoms with van der Waals surface area (Å²) in [5, 5.41) is 18.8. The van der Waals surface area contributed by atoms with Crippen LogP contribution in [-0.4, -0.2) is 24.3 Å². The fourth-order valence-corrected chi connectivity index (χ4v) is 2.15. The molecular weight excluding hydrogens is 214 g/mol. The molecule has 0 amide bonds. The summed E-state index contributed by atoms with van der Waals surface area (Å²) >= 11 is 0. The molecule has 0 aromatic heterocycles. The van der Waals surface area contributed by atoms with Crippen LogP contribution in [0.5, 0.6) is 0 Å². The fraction of sp³-hybridized carbons (Fsp3) is 0.462. The molecule has 0 bridgehead atoms. The Hall–Kier alpha value is -1.73. The van der Waals surface area contributed by atoms with Gasteiger partial charge in [0.2, 0.25) is 0 Å². The van der Waals surface area contributed by atoms with Crippen LogP contribution in [0.2, 0.25) is 0 Å². The second-order valence-electron chi connectivity index (χ2n) is 4.66. The summed E-state index contributed by atoms with van der Waals surface area (Å²) in [7, 11) is 0. The first-order chi connectivity index (χ1) is 8.11. The average molecular weight is 231 g/mol. The highest BCUT2D eigenvalue weighted by Crippen LogP contribution is 2.28. The lowest BCUT2D eigenvalue weighted by molar-refractivity contribution is 0.103. The largest absolute Gasteiger partial charge is 0.397 e. The zero-order valence-electron chi connectivity index (χ0n) is 9.93. The summed E-state index contributed by atoms with van der Waals surface area (Å²) < 4.78 is 0. The van der Waals surface area contributed by atoms with Gasteiger partial charge in [-0.05, 0) is 30.5 Å². The average Bonchev–Trinajstić information content (AvgIpc) is 2.33. The molecule has 1 aromatic rings. The smallest absolute Gasteiger partial charge is 0.0992 e. The topological polar surface area (TPSA) is 73.3 Å². The molecule has 0 radical (unpaired) electrons. The van der Waals surface area contributed by atoms with E-state index in [1.807, 2.05) is 0 Å². The Morgan fingerprint density at radius 3 is 2.94 bits per heavy atom. The standard InChI is InChI=1S/C13H17N3O/c1-9-4-5-16(8-13(9)17)12-6-10(7-14)2-3-11(12)15/h2-3,6,9,13,17H,4-5,8,15H2,1H3. The van der Waals surface area contributed by atoms with Gasteiger partial charge in [-0.2, -0.15) is 5.26 Å². The van der Waals surface area contributed by atoms with Crippen molar-refractivity contribution < 1.29 is 5.11 Å². The van der Waals surface area contributed by atoms with E-state index in [0.717, 1.165) is 18.7 Å². The van der Waals surface area contributed by atoms with Crippen molar-refractivity contribution in [3.8, 4) is 6.07 Å². The van der Waals surface area contributed by atoms with Gasteiger partial charge < -0.3 is 15.7 Å². The number of benzene rings is 1. The molecule has 0 saturated carbocycles. The van der Waals surface area contributed by atoms with E-state index in [9.17, 15) is 5.11 Å². The Morgan fingerprint density at radius 1 is 1.53 bits per heavy atom. The monoisotopic (exact) mass is 231 g/mol. The Morgan fingerprint density at radius 2 is 2.29 bits per heavy atom. The number of nitrogen functional groups attached to an aromatic ring is 1.